The van der Waals surface area contributed by atoms with Crippen LogP contribution in [0.3, 0.4) is 0 Å². The number of benzene rings is 2. The Balaban J connectivity index is 1.71. The van der Waals surface area contributed by atoms with Crippen LogP contribution in [0.4, 0.5) is 0 Å². The van der Waals surface area contributed by atoms with E-state index in [-0.39, 0.29) is 22.9 Å². The van der Waals surface area contributed by atoms with Gasteiger partial charge in [-0.1, -0.05) is 23.2 Å². The number of halogens is 2. The molecule has 0 radical (unpaired) electrons. The fraction of sp³-hybridized carbons (Fsp3) is 0.222. The van der Waals surface area contributed by atoms with Crippen molar-refractivity contribution < 1.29 is 25.3 Å². The van der Waals surface area contributed by atoms with E-state index in [2.05, 4.69) is 21.1 Å². The van der Waals surface area contributed by atoms with Crippen LogP contribution in [0.1, 0.15) is 0 Å². The fourth-order valence-corrected chi connectivity index (χ4v) is 9.51. The van der Waals surface area contributed by atoms with Crippen molar-refractivity contribution in [3.05, 3.63) is 58.6 Å². The van der Waals surface area contributed by atoms with Gasteiger partial charge in [0.25, 0.3) is 0 Å². The monoisotopic (exact) mass is 550 g/mol. The van der Waals surface area contributed by atoms with Crippen LogP contribution in [0, 0.1) is 0 Å². The summed E-state index contributed by atoms with van der Waals surface area (Å²) < 4.78 is 79.4. The first-order chi connectivity index (χ1) is 15.5. The second-order valence-corrected chi connectivity index (χ2v) is 14.1. The topological polar surface area (TPSA) is 151 Å². The molecule has 2 aliphatic rings. The molecule has 33 heavy (non-hydrogen) atoms. The summed E-state index contributed by atoms with van der Waals surface area (Å²) in [6.45, 7) is -0.659. The number of nitrogens with one attached hydrogen (secondary N) is 2. The van der Waals surface area contributed by atoms with E-state index < -0.39 is 50.1 Å². The first-order valence-corrected chi connectivity index (χ1v) is 14.6. The highest BCUT2D eigenvalue weighted by Gasteiger charge is 2.50. The average molecular weight is 551 g/mol. The second-order valence-electron chi connectivity index (χ2n) is 7.10. The van der Waals surface area contributed by atoms with Crippen molar-refractivity contribution in [2.45, 2.75) is 20.3 Å². The third kappa shape index (κ3) is 4.23. The molecule has 0 saturated carbocycles. The molecule has 0 spiro atoms. The predicted molar refractivity (Wildman–Crippen MR) is 125 cm³/mol. The lowest BCUT2D eigenvalue weighted by Crippen LogP contribution is -2.45. The Morgan fingerprint density at radius 1 is 0.636 bits per heavy atom. The summed E-state index contributed by atoms with van der Waals surface area (Å²) in [6.07, 6.45) is 0. The van der Waals surface area contributed by atoms with Crippen molar-refractivity contribution in [1.82, 2.24) is 10.9 Å². The third-order valence-corrected chi connectivity index (χ3v) is 11.9. The predicted octanol–water partition coefficient (Wildman–Crippen LogP) is 1.23. The number of hydrogen-bond donors (Lipinski definition) is 2. The lowest BCUT2D eigenvalue weighted by molar-refractivity contribution is 0.587. The van der Waals surface area contributed by atoms with Gasteiger partial charge in [-0.15, -0.1) is 0 Å². The van der Waals surface area contributed by atoms with E-state index >= 15 is 0 Å². The molecule has 176 valence electrons. The Morgan fingerprint density at radius 2 is 1.06 bits per heavy atom. The summed E-state index contributed by atoms with van der Waals surface area (Å²) in [5.41, 5.74) is 4.80. The number of sulfone groups is 3. The van der Waals surface area contributed by atoms with Crippen LogP contribution < -0.4 is 10.9 Å². The van der Waals surface area contributed by atoms with Gasteiger partial charge in [-0.05, 0) is 48.5 Å². The molecule has 10 nitrogen and oxygen atoms in total. The summed E-state index contributed by atoms with van der Waals surface area (Å²) in [4.78, 5) is -0.345. The van der Waals surface area contributed by atoms with Crippen LogP contribution >= 0.6 is 23.2 Å². The van der Waals surface area contributed by atoms with Crippen molar-refractivity contribution in [3.8, 4) is 0 Å². The lowest BCUT2D eigenvalue weighted by atomic mass is 10.4. The molecule has 2 unspecified atom stereocenters. The van der Waals surface area contributed by atoms with Gasteiger partial charge in [0.1, 0.15) is 10.5 Å². The normalized spacial score (nSPS) is 21.2. The van der Waals surface area contributed by atoms with Crippen molar-refractivity contribution in [1.29, 1.82) is 0 Å². The second kappa shape index (κ2) is 8.55. The Kier molecular flexibility index (Phi) is 6.20. The summed E-state index contributed by atoms with van der Waals surface area (Å²) in [5, 5.41) is 3.49. The number of nitrogens with zero attached hydrogens (tertiary/aromatic N) is 2. The van der Waals surface area contributed by atoms with E-state index in [4.69, 9.17) is 23.2 Å². The Labute approximate surface area is 200 Å². The van der Waals surface area contributed by atoms with Gasteiger partial charge in [-0.3, -0.25) is 0 Å². The van der Waals surface area contributed by atoms with Crippen LogP contribution in [-0.4, -0.2) is 58.9 Å². The maximum absolute atomic E-state index is 13.5. The van der Waals surface area contributed by atoms with Gasteiger partial charge >= 0.3 is 0 Å². The molecule has 2 atom stereocenters. The zero-order chi connectivity index (χ0) is 24.0. The molecule has 2 aromatic rings. The highest BCUT2D eigenvalue weighted by Crippen LogP contribution is 2.28. The highest BCUT2D eigenvalue weighted by atomic mass is 35.5. The minimum Gasteiger partial charge on any atom is -0.307 e. The van der Waals surface area contributed by atoms with Gasteiger partial charge in [0.05, 0.1) is 22.9 Å². The molecular formula is C18H16Cl2N4O6S3. The Hall–Kier alpha value is -2.19. The van der Waals surface area contributed by atoms with E-state index in [1.165, 1.54) is 48.5 Å². The third-order valence-electron chi connectivity index (χ3n) is 5.06. The lowest BCUT2D eigenvalue weighted by Gasteiger charge is -2.18. The molecule has 2 aliphatic heterocycles. The molecule has 0 fully saturated rings. The van der Waals surface area contributed by atoms with Crippen LogP contribution in [0.25, 0.3) is 0 Å². The first kappa shape index (κ1) is 24.0. The molecule has 4 rings (SSSR count). The smallest absolute Gasteiger partial charge is 0.223 e. The zero-order valence-electron chi connectivity index (χ0n) is 16.5. The number of hydrazone groups is 2. The van der Waals surface area contributed by atoms with Crippen molar-refractivity contribution in [2.75, 3.05) is 13.1 Å². The van der Waals surface area contributed by atoms with Crippen LogP contribution in [-0.2, 0) is 29.5 Å². The quantitative estimate of drug-likeness (QED) is 0.576. The molecule has 0 amide bonds. The molecule has 15 heteroatoms. The van der Waals surface area contributed by atoms with Crippen molar-refractivity contribution >= 4 is 62.8 Å². The minimum atomic E-state index is -4.55. The van der Waals surface area contributed by atoms with Gasteiger partial charge in [-0.2, -0.15) is 10.2 Å². The fourth-order valence-electron chi connectivity index (χ4n) is 3.37. The van der Waals surface area contributed by atoms with E-state index in [1.807, 2.05) is 0 Å². The van der Waals surface area contributed by atoms with Crippen LogP contribution in [0.2, 0.25) is 10.0 Å². The van der Waals surface area contributed by atoms with Crippen LogP contribution in [0.15, 0.2) is 68.5 Å². The standard InChI is InChI=1S/C18H16Cl2N4O6S3/c19-11-1-5-13(6-2-11)31(25,26)15-9-21-24-18(15)33(29,30)16-10-22-23-17(16)32(27,28)14-7-3-12(20)4-8-14/h1-8,15-16,21-22H,9-10H2. The van der Waals surface area contributed by atoms with E-state index in [9.17, 15) is 25.3 Å². The molecular weight excluding hydrogens is 535 g/mol. The maximum Gasteiger partial charge on any atom is 0.223 e. The van der Waals surface area contributed by atoms with Gasteiger partial charge in [0.15, 0.2) is 19.9 Å². The van der Waals surface area contributed by atoms with Gasteiger partial charge in [-0.25, -0.2) is 25.3 Å². The summed E-state index contributed by atoms with van der Waals surface area (Å²) >= 11 is 11.6. The summed E-state index contributed by atoms with van der Waals surface area (Å²) in [7, 11) is -13.1. The molecule has 0 aliphatic carbocycles. The Bertz CT molecular complexity index is 1470. The molecule has 2 heterocycles. The SMILES string of the molecule is O=S(=O)(C1=NNCC1S(=O)(=O)C1=NNCC1S(=O)(=O)c1ccc(Cl)cc1)c1ccc(Cl)cc1. The largest absolute Gasteiger partial charge is 0.307 e. The average Bonchev–Trinajstić information content (AvgIpc) is 3.45. The van der Waals surface area contributed by atoms with Gasteiger partial charge < -0.3 is 10.9 Å². The molecule has 0 saturated heterocycles. The number of rotatable bonds is 4. The summed E-state index contributed by atoms with van der Waals surface area (Å²) in [5.74, 6) is 0. The van der Waals surface area contributed by atoms with E-state index in [1.54, 1.807) is 0 Å². The molecule has 2 N–H and O–H groups in total. The Morgan fingerprint density at radius 3 is 1.58 bits per heavy atom. The van der Waals surface area contributed by atoms with Gasteiger partial charge in [0, 0.05) is 10.0 Å². The maximum atomic E-state index is 13.5. The minimum absolute atomic E-state index is 0.143. The molecule has 0 aromatic heterocycles. The number of hydrogen-bond acceptors (Lipinski definition) is 10. The summed E-state index contributed by atoms with van der Waals surface area (Å²) in [6, 6.07) is 10.4. The van der Waals surface area contributed by atoms with Gasteiger partial charge in [0.2, 0.25) is 19.7 Å². The highest BCUT2D eigenvalue weighted by molar-refractivity contribution is 8.14. The van der Waals surface area contributed by atoms with E-state index in [0.717, 1.165) is 0 Å². The van der Waals surface area contributed by atoms with E-state index in [0.29, 0.717) is 10.0 Å². The molecule has 2 aromatic carbocycles. The molecule has 0 bridgehead atoms. The van der Waals surface area contributed by atoms with Crippen molar-refractivity contribution in [2.24, 2.45) is 10.2 Å². The first-order valence-electron chi connectivity index (χ1n) is 9.30. The van der Waals surface area contributed by atoms with Crippen LogP contribution in [0.5, 0.6) is 0 Å². The van der Waals surface area contributed by atoms with Crippen molar-refractivity contribution in [3.63, 3.8) is 0 Å². The zero-order valence-corrected chi connectivity index (χ0v) is 20.5.